The Morgan fingerprint density at radius 2 is 2.50 bits per heavy atom. The first kappa shape index (κ1) is 6.81. The van der Waals surface area contributed by atoms with E-state index in [9.17, 15) is 0 Å². The lowest BCUT2D eigenvalue weighted by Crippen LogP contribution is -2.03. The first-order chi connectivity index (χ1) is 3.93. The van der Waals surface area contributed by atoms with Gasteiger partial charge in [0, 0.05) is 11.0 Å². The third-order valence-electron chi connectivity index (χ3n) is 1.41. The average molecular weight is 148 g/mol. The topological polar surface area (TPSA) is 0 Å². The third-order valence-corrected chi connectivity index (χ3v) is 4.57. The summed E-state index contributed by atoms with van der Waals surface area (Å²) in [6, 6.07) is 0. The van der Waals surface area contributed by atoms with Crippen LogP contribution in [0.3, 0.4) is 0 Å². The first-order valence-electron chi connectivity index (χ1n) is 3.21. The van der Waals surface area contributed by atoms with Crippen molar-refractivity contribution in [2.45, 2.75) is 31.4 Å². The summed E-state index contributed by atoms with van der Waals surface area (Å²) in [6.07, 6.45) is 4.25. The molecule has 1 aliphatic rings. The summed E-state index contributed by atoms with van der Waals surface area (Å²) < 4.78 is 0. The molecule has 0 nitrogen and oxygen atoms in total. The number of rotatable bonds is 1. The second kappa shape index (κ2) is 3.67. The second-order valence-corrected chi connectivity index (χ2v) is 4.88. The normalized spacial score (nSPS) is 30.4. The van der Waals surface area contributed by atoms with E-state index in [4.69, 9.17) is 0 Å². The molecule has 1 aliphatic heterocycles. The van der Waals surface area contributed by atoms with Gasteiger partial charge in [0.2, 0.25) is 0 Å². The summed E-state index contributed by atoms with van der Waals surface area (Å²) >= 11 is 0. The van der Waals surface area contributed by atoms with Crippen LogP contribution in [0.5, 0.6) is 0 Å². The van der Waals surface area contributed by atoms with Gasteiger partial charge in [-0.1, -0.05) is 28.5 Å². The molecule has 1 unspecified atom stereocenters. The van der Waals surface area contributed by atoms with Crippen LogP contribution in [-0.4, -0.2) is 11.0 Å². The molecular weight excluding hydrogens is 136 g/mol. The largest absolute Gasteiger partial charge is 0.0939 e. The van der Waals surface area contributed by atoms with Gasteiger partial charge in [-0.25, -0.2) is 0 Å². The van der Waals surface area contributed by atoms with Crippen LogP contribution >= 0.6 is 21.6 Å². The van der Waals surface area contributed by atoms with Crippen molar-refractivity contribution < 1.29 is 0 Å². The van der Waals surface area contributed by atoms with Crippen LogP contribution in [0.1, 0.15) is 26.2 Å². The Labute approximate surface area is 59.2 Å². The van der Waals surface area contributed by atoms with Crippen molar-refractivity contribution >= 4 is 21.6 Å². The molecule has 1 rings (SSSR count). The fourth-order valence-corrected chi connectivity index (χ4v) is 3.72. The van der Waals surface area contributed by atoms with E-state index in [-0.39, 0.29) is 0 Å². The van der Waals surface area contributed by atoms with E-state index in [1.807, 2.05) is 10.8 Å². The molecule has 0 aromatic heterocycles. The SMILES string of the molecule is CCC1CCCSS1. The number of hydrogen-bond acceptors (Lipinski definition) is 2. The predicted molar refractivity (Wildman–Crippen MR) is 43.4 cm³/mol. The highest BCUT2D eigenvalue weighted by Crippen LogP contribution is 2.36. The standard InChI is InChI=1S/C6H12S2/c1-2-6-4-3-5-7-8-6/h6H,2-5H2,1H3. The Morgan fingerprint density at radius 1 is 1.62 bits per heavy atom. The van der Waals surface area contributed by atoms with Gasteiger partial charge in [-0.2, -0.15) is 0 Å². The van der Waals surface area contributed by atoms with Gasteiger partial charge in [0.15, 0.2) is 0 Å². The van der Waals surface area contributed by atoms with E-state index >= 15 is 0 Å². The Bertz CT molecular complexity index is 57.5. The molecule has 2 heteroatoms. The van der Waals surface area contributed by atoms with Crippen LogP contribution in [0.15, 0.2) is 0 Å². The maximum Gasteiger partial charge on any atom is 0.0149 e. The lowest BCUT2D eigenvalue weighted by molar-refractivity contribution is 0.723. The molecule has 1 heterocycles. The molecule has 0 spiro atoms. The molecule has 0 amide bonds. The van der Waals surface area contributed by atoms with Crippen molar-refractivity contribution in [3.8, 4) is 0 Å². The zero-order valence-corrected chi connectivity index (χ0v) is 6.86. The fourth-order valence-electron chi connectivity index (χ4n) is 0.835. The molecule has 0 N–H and O–H groups in total. The molecule has 0 aliphatic carbocycles. The smallest absolute Gasteiger partial charge is 0.0149 e. The van der Waals surface area contributed by atoms with E-state index in [0.717, 1.165) is 5.25 Å². The summed E-state index contributed by atoms with van der Waals surface area (Å²) in [7, 11) is 4.12. The molecule has 48 valence electrons. The Hall–Kier alpha value is 0.700. The van der Waals surface area contributed by atoms with Crippen molar-refractivity contribution in [1.82, 2.24) is 0 Å². The fraction of sp³-hybridized carbons (Fsp3) is 1.00. The summed E-state index contributed by atoms with van der Waals surface area (Å²) in [5.74, 6) is 1.38. The molecule has 1 fully saturated rings. The Kier molecular flexibility index (Phi) is 3.13. The van der Waals surface area contributed by atoms with Gasteiger partial charge in [0.05, 0.1) is 0 Å². The molecule has 0 aromatic rings. The van der Waals surface area contributed by atoms with E-state index in [1.54, 1.807) is 0 Å². The van der Waals surface area contributed by atoms with Crippen LogP contribution < -0.4 is 0 Å². The van der Waals surface area contributed by atoms with Gasteiger partial charge in [-0.15, -0.1) is 0 Å². The predicted octanol–water partition coefficient (Wildman–Crippen LogP) is 2.94. The van der Waals surface area contributed by atoms with E-state index < -0.39 is 0 Å². The van der Waals surface area contributed by atoms with Crippen LogP contribution in [-0.2, 0) is 0 Å². The molecule has 0 radical (unpaired) electrons. The van der Waals surface area contributed by atoms with Gasteiger partial charge in [0.1, 0.15) is 0 Å². The van der Waals surface area contributed by atoms with Crippen LogP contribution in [0, 0.1) is 0 Å². The van der Waals surface area contributed by atoms with Gasteiger partial charge in [-0.3, -0.25) is 0 Å². The molecule has 0 saturated carbocycles. The van der Waals surface area contributed by atoms with Crippen molar-refractivity contribution in [3.63, 3.8) is 0 Å². The second-order valence-electron chi connectivity index (χ2n) is 2.09. The minimum Gasteiger partial charge on any atom is -0.0939 e. The van der Waals surface area contributed by atoms with Crippen LogP contribution in [0.25, 0.3) is 0 Å². The summed E-state index contributed by atoms with van der Waals surface area (Å²) in [5.41, 5.74) is 0. The van der Waals surface area contributed by atoms with Gasteiger partial charge in [0.25, 0.3) is 0 Å². The molecule has 8 heavy (non-hydrogen) atoms. The highest BCUT2D eigenvalue weighted by atomic mass is 33.1. The van der Waals surface area contributed by atoms with Gasteiger partial charge >= 0.3 is 0 Å². The van der Waals surface area contributed by atoms with Crippen molar-refractivity contribution in [3.05, 3.63) is 0 Å². The van der Waals surface area contributed by atoms with Gasteiger partial charge < -0.3 is 0 Å². The lowest BCUT2D eigenvalue weighted by Gasteiger charge is -2.17. The maximum atomic E-state index is 2.28. The third kappa shape index (κ3) is 1.90. The van der Waals surface area contributed by atoms with E-state index in [2.05, 4.69) is 17.7 Å². The van der Waals surface area contributed by atoms with Crippen molar-refractivity contribution in [1.29, 1.82) is 0 Å². The lowest BCUT2D eigenvalue weighted by atomic mass is 10.2. The molecule has 1 atom stereocenters. The summed E-state index contributed by atoms with van der Waals surface area (Å²) in [5, 5.41) is 0.966. The molecular formula is C6H12S2. The molecule has 0 aromatic carbocycles. The quantitative estimate of drug-likeness (QED) is 0.524. The first-order valence-corrected chi connectivity index (χ1v) is 5.60. The van der Waals surface area contributed by atoms with E-state index in [1.165, 1.54) is 25.0 Å². The minimum atomic E-state index is 0.966. The Balaban J connectivity index is 2.13. The maximum absolute atomic E-state index is 2.28. The molecule has 1 saturated heterocycles. The minimum absolute atomic E-state index is 0.966. The highest BCUT2D eigenvalue weighted by Gasteiger charge is 2.10. The van der Waals surface area contributed by atoms with E-state index in [0.29, 0.717) is 0 Å². The zero-order chi connectivity index (χ0) is 5.82. The monoisotopic (exact) mass is 148 g/mol. The number of hydrogen-bond donors (Lipinski definition) is 0. The van der Waals surface area contributed by atoms with Crippen molar-refractivity contribution in [2.75, 3.05) is 5.75 Å². The van der Waals surface area contributed by atoms with Gasteiger partial charge in [-0.05, 0) is 19.3 Å². The van der Waals surface area contributed by atoms with Crippen LogP contribution in [0.4, 0.5) is 0 Å². The summed E-state index contributed by atoms with van der Waals surface area (Å²) in [4.78, 5) is 0. The molecule has 0 bridgehead atoms. The Morgan fingerprint density at radius 3 is 2.88 bits per heavy atom. The summed E-state index contributed by atoms with van der Waals surface area (Å²) in [6.45, 7) is 2.28. The van der Waals surface area contributed by atoms with Crippen LogP contribution in [0.2, 0.25) is 0 Å². The average Bonchev–Trinajstić information content (AvgIpc) is 1.90. The highest BCUT2D eigenvalue weighted by molar-refractivity contribution is 8.77. The van der Waals surface area contributed by atoms with Crippen molar-refractivity contribution in [2.24, 2.45) is 0 Å². The zero-order valence-electron chi connectivity index (χ0n) is 5.22.